The van der Waals surface area contributed by atoms with Crippen LogP contribution < -0.4 is 10.2 Å². The topological polar surface area (TPSA) is 54.9 Å². The number of rotatable bonds is 6. The lowest BCUT2D eigenvalue weighted by Gasteiger charge is -2.10. The van der Waals surface area contributed by atoms with Crippen molar-refractivity contribution in [3.8, 4) is 5.75 Å². The molecule has 5 nitrogen and oxygen atoms in total. The SMILES string of the molecule is CCOc1cccc(CNn2c(CC)n[nH]c2=S)c1. The lowest BCUT2D eigenvalue weighted by Crippen LogP contribution is -2.17. The Balaban J connectivity index is 2.07. The summed E-state index contributed by atoms with van der Waals surface area (Å²) in [5, 5.41) is 6.94. The molecule has 0 aliphatic heterocycles. The van der Waals surface area contributed by atoms with Crippen LogP contribution in [0.15, 0.2) is 24.3 Å². The third-order valence-electron chi connectivity index (χ3n) is 2.71. The van der Waals surface area contributed by atoms with Crippen LogP contribution in [-0.2, 0) is 13.0 Å². The number of H-pyrrole nitrogens is 1. The van der Waals surface area contributed by atoms with Crippen LogP contribution in [0.1, 0.15) is 25.2 Å². The highest BCUT2D eigenvalue weighted by atomic mass is 32.1. The Bertz CT molecular complexity index is 590. The maximum Gasteiger partial charge on any atom is 0.214 e. The fourth-order valence-corrected chi connectivity index (χ4v) is 2.03. The minimum Gasteiger partial charge on any atom is -0.494 e. The van der Waals surface area contributed by atoms with Gasteiger partial charge in [0.05, 0.1) is 13.2 Å². The zero-order valence-corrected chi connectivity index (χ0v) is 12.0. The van der Waals surface area contributed by atoms with Crippen molar-refractivity contribution >= 4 is 12.2 Å². The first-order valence-corrected chi connectivity index (χ1v) is 6.77. The molecule has 0 bridgehead atoms. The van der Waals surface area contributed by atoms with Gasteiger partial charge in [-0.25, -0.2) is 4.68 Å². The molecule has 1 heterocycles. The summed E-state index contributed by atoms with van der Waals surface area (Å²) >= 11 is 5.18. The largest absolute Gasteiger partial charge is 0.494 e. The summed E-state index contributed by atoms with van der Waals surface area (Å²) in [6, 6.07) is 8.00. The Morgan fingerprint density at radius 3 is 3.00 bits per heavy atom. The number of hydrogen-bond donors (Lipinski definition) is 2. The second kappa shape index (κ2) is 6.38. The number of nitrogens with zero attached hydrogens (tertiary/aromatic N) is 2. The molecule has 1 aromatic carbocycles. The van der Waals surface area contributed by atoms with E-state index in [4.69, 9.17) is 17.0 Å². The lowest BCUT2D eigenvalue weighted by atomic mass is 10.2. The number of aromatic amines is 1. The monoisotopic (exact) mass is 278 g/mol. The molecule has 19 heavy (non-hydrogen) atoms. The summed E-state index contributed by atoms with van der Waals surface area (Å²) in [6.07, 6.45) is 0.819. The second-order valence-corrected chi connectivity index (χ2v) is 4.44. The van der Waals surface area contributed by atoms with Gasteiger partial charge in [0, 0.05) is 6.42 Å². The second-order valence-electron chi connectivity index (χ2n) is 4.05. The number of benzene rings is 1. The summed E-state index contributed by atoms with van der Waals surface area (Å²) in [6.45, 7) is 5.35. The van der Waals surface area contributed by atoms with Crippen molar-refractivity contribution in [2.45, 2.75) is 26.8 Å². The van der Waals surface area contributed by atoms with Crippen molar-refractivity contribution in [1.82, 2.24) is 14.9 Å². The van der Waals surface area contributed by atoms with Gasteiger partial charge in [-0.3, -0.25) is 5.10 Å². The highest BCUT2D eigenvalue weighted by Crippen LogP contribution is 2.13. The van der Waals surface area contributed by atoms with Gasteiger partial charge in [0.15, 0.2) is 5.82 Å². The van der Waals surface area contributed by atoms with Gasteiger partial charge in [-0.1, -0.05) is 19.1 Å². The van der Waals surface area contributed by atoms with Crippen molar-refractivity contribution in [2.24, 2.45) is 0 Å². The van der Waals surface area contributed by atoms with Crippen LogP contribution in [0.25, 0.3) is 0 Å². The van der Waals surface area contributed by atoms with E-state index in [9.17, 15) is 0 Å². The van der Waals surface area contributed by atoms with Crippen LogP contribution in [0.2, 0.25) is 0 Å². The summed E-state index contributed by atoms with van der Waals surface area (Å²) in [5.74, 6) is 1.78. The van der Waals surface area contributed by atoms with Gasteiger partial charge < -0.3 is 10.2 Å². The molecule has 2 aromatic rings. The Morgan fingerprint density at radius 2 is 2.26 bits per heavy atom. The van der Waals surface area contributed by atoms with Crippen LogP contribution in [0.3, 0.4) is 0 Å². The average Bonchev–Trinajstić information content (AvgIpc) is 2.78. The Hall–Kier alpha value is -1.82. The van der Waals surface area contributed by atoms with Gasteiger partial charge in [-0.2, -0.15) is 5.10 Å². The van der Waals surface area contributed by atoms with Crippen molar-refractivity contribution in [3.05, 3.63) is 40.4 Å². The van der Waals surface area contributed by atoms with E-state index in [0.29, 0.717) is 17.9 Å². The minimum absolute atomic E-state index is 0.581. The van der Waals surface area contributed by atoms with Crippen molar-refractivity contribution < 1.29 is 4.74 Å². The number of nitrogens with one attached hydrogen (secondary N) is 2. The highest BCUT2D eigenvalue weighted by molar-refractivity contribution is 7.71. The number of aryl methyl sites for hydroxylation is 1. The van der Waals surface area contributed by atoms with E-state index in [2.05, 4.69) is 15.6 Å². The van der Waals surface area contributed by atoms with Crippen LogP contribution >= 0.6 is 12.2 Å². The molecule has 0 aliphatic rings. The molecule has 0 radical (unpaired) electrons. The maximum absolute atomic E-state index is 5.48. The number of aromatic nitrogens is 3. The molecule has 0 saturated heterocycles. The number of hydrogen-bond acceptors (Lipinski definition) is 4. The van der Waals surface area contributed by atoms with Gasteiger partial charge in [0.2, 0.25) is 4.77 Å². The molecule has 0 amide bonds. The molecule has 0 atom stereocenters. The van der Waals surface area contributed by atoms with Gasteiger partial charge in [-0.05, 0) is 36.8 Å². The Labute approximate surface area is 117 Å². The first kappa shape index (κ1) is 13.6. The van der Waals surface area contributed by atoms with Crippen LogP contribution in [0, 0.1) is 4.77 Å². The third kappa shape index (κ3) is 3.35. The summed E-state index contributed by atoms with van der Waals surface area (Å²) in [7, 11) is 0. The molecular formula is C13H18N4OS. The van der Waals surface area contributed by atoms with Gasteiger partial charge in [-0.15, -0.1) is 0 Å². The molecule has 2 rings (SSSR count). The smallest absolute Gasteiger partial charge is 0.214 e. The molecule has 0 saturated carbocycles. The summed E-state index contributed by atoms with van der Waals surface area (Å²) in [5.41, 5.74) is 4.40. The zero-order valence-electron chi connectivity index (χ0n) is 11.1. The summed E-state index contributed by atoms with van der Waals surface area (Å²) < 4.78 is 7.87. The van der Waals surface area contributed by atoms with E-state index in [1.54, 1.807) is 0 Å². The van der Waals surface area contributed by atoms with Gasteiger partial charge >= 0.3 is 0 Å². The van der Waals surface area contributed by atoms with Crippen molar-refractivity contribution in [3.63, 3.8) is 0 Å². The normalized spacial score (nSPS) is 10.4. The van der Waals surface area contributed by atoms with E-state index < -0.39 is 0 Å². The maximum atomic E-state index is 5.48. The van der Waals surface area contributed by atoms with Crippen LogP contribution in [-0.4, -0.2) is 21.5 Å². The fraction of sp³-hybridized carbons (Fsp3) is 0.385. The zero-order chi connectivity index (χ0) is 13.7. The van der Waals surface area contributed by atoms with Gasteiger partial charge in [0.25, 0.3) is 0 Å². The molecular weight excluding hydrogens is 260 g/mol. The predicted molar refractivity (Wildman–Crippen MR) is 77.5 cm³/mol. The van der Waals surface area contributed by atoms with E-state index in [1.165, 1.54) is 0 Å². The first-order valence-electron chi connectivity index (χ1n) is 6.36. The fourth-order valence-electron chi connectivity index (χ4n) is 1.81. The molecule has 6 heteroatoms. The standard InChI is InChI=1S/C13H18N4OS/c1-3-12-15-16-13(19)17(12)14-9-10-6-5-7-11(8-10)18-4-2/h5-8,14H,3-4,9H2,1-2H3,(H,16,19). The Morgan fingerprint density at radius 1 is 1.42 bits per heavy atom. The van der Waals surface area contributed by atoms with E-state index in [1.807, 2.05) is 42.8 Å². The van der Waals surface area contributed by atoms with Crippen molar-refractivity contribution in [2.75, 3.05) is 12.0 Å². The minimum atomic E-state index is 0.581. The molecule has 0 spiro atoms. The predicted octanol–water partition coefficient (Wildman–Crippen LogP) is 2.65. The third-order valence-corrected chi connectivity index (χ3v) is 2.98. The Kier molecular flexibility index (Phi) is 4.57. The molecule has 2 N–H and O–H groups in total. The van der Waals surface area contributed by atoms with E-state index >= 15 is 0 Å². The van der Waals surface area contributed by atoms with Crippen LogP contribution in [0.4, 0.5) is 0 Å². The lowest BCUT2D eigenvalue weighted by molar-refractivity contribution is 0.340. The van der Waals surface area contributed by atoms with Crippen molar-refractivity contribution in [1.29, 1.82) is 0 Å². The molecule has 102 valence electrons. The molecule has 0 aliphatic carbocycles. The summed E-state index contributed by atoms with van der Waals surface area (Å²) in [4.78, 5) is 0. The average molecular weight is 278 g/mol. The molecule has 1 aromatic heterocycles. The first-order chi connectivity index (χ1) is 9.24. The molecule has 0 unspecified atom stereocenters. The quantitative estimate of drug-likeness (QED) is 0.798. The highest BCUT2D eigenvalue weighted by Gasteiger charge is 2.03. The van der Waals surface area contributed by atoms with E-state index in [-0.39, 0.29) is 0 Å². The number of ether oxygens (including phenoxy) is 1. The van der Waals surface area contributed by atoms with Crippen LogP contribution in [0.5, 0.6) is 5.75 Å². The van der Waals surface area contributed by atoms with E-state index in [0.717, 1.165) is 23.6 Å². The molecule has 0 fully saturated rings. The van der Waals surface area contributed by atoms with Gasteiger partial charge in [0.1, 0.15) is 5.75 Å².